The number of carboxylic acid groups (broad SMARTS) is 1. The average molecular weight is 458 g/mol. The second-order valence-electron chi connectivity index (χ2n) is 10.9. The number of allylic oxidation sites excluding steroid dienone is 3. The number of aromatic nitrogens is 1. The van der Waals surface area contributed by atoms with Gasteiger partial charge in [-0.2, -0.15) is 0 Å². The van der Waals surface area contributed by atoms with Gasteiger partial charge in [-0.1, -0.05) is 37.6 Å². The first-order valence-corrected chi connectivity index (χ1v) is 12.2. The minimum absolute atomic E-state index is 0.0771. The minimum atomic E-state index is -2.41. The summed E-state index contributed by atoms with van der Waals surface area (Å²) in [5, 5.41) is 9.13. The smallest absolute Gasteiger partial charge is 0.450 e. The third-order valence-corrected chi connectivity index (χ3v) is 9.66. The van der Waals surface area contributed by atoms with E-state index in [9.17, 15) is 13.6 Å². The van der Waals surface area contributed by atoms with Gasteiger partial charge in [0.15, 0.2) is 0 Å². The van der Waals surface area contributed by atoms with E-state index >= 15 is 0 Å². The van der Waals surface area contributed by atoms with Crippen LogP contribution in [0.25, 0.3) is 5.57 Å². The monoisotopic (exact) mass is 457 g/mol. The normalized spacial score (nSPS) is 39.7. The molecule has 33 heavy (non-hydrogen) atoms. The van der Waals surface area contributed by atoms with Crippen LogP contribution in [0.3, 0.4) is 0 Å². The highest BCUT2D eigenvalue weighted by atomic mass is 19.3. The Morgan fingerprint density at radius 3 is 2.79 bits per heavy atom. The van der Waals surface area contributed by atoms with Crippen LogP contribution in [0.15, 0.2) is 42.3 Å². The van der Waals surface area contributed by atoms with E-state index in [2.05, 4.69) is 37.0 Å². The van der Waals surface area contributed by atoms with E-state index in [1.54, 1.807) is 6.20 Å². The van der Waals surface area contributed by atoms with E-state index in [-0.39, 0.29) is 23.2 Å². The number of halogens is 2. The van der Waals surface area contributed by atoms with E-state index in [1.807, 2.05) is 12.3 Å². The number of pyridine rings is 1. The Morgan fingerprint density at radius 1 is 1.27 bits per heavy atom. The molecule has 0 saturated heterocycles. The Morgan fingerprint density at radius 2 is 2.09 bits per heavy atom. The van der Waals surface area contributed by atoms with Crippen molar-refractivity contribution in [3.05, 3.63) is 47.8 Å². The van der Waals surface area contributed by atoms with E-state index in [1.165, 1.54) is 11.1 Å². The number of alkyl halides is 2. The third-order valence-electron chi connectivity index (χ3n) is 9.66. The van der Waals surface area contributed by atoms with Gasteiger partial charge in [0.05, 0.1) is 0 Å². The van der Waals surface area contributed by atoms with E-state index in [4.69, 9.17) is 9.84 Å². The van der Waals surface area contributed by atoms with Crippen molar-refractivity contribution < 1.29 is 23.4 Å². The van der Waals surface area contributed by atoms with Gasteiger partial charge in [-0.3, -0.25) is 4.98 Å². The summed E-state index contributed by atoms with van der Waals surface area (Å²) in [7, 11) is 0. The maximum atomic E-state index is 13.7. The average Bonchev–Trinajstić information content (AvgIpc) is 3.12. The summed E-state index contributed by atoms with van der Waals surface area (Å²) < 4.78 is 32.5. The molecule has 4 aliphatic rings. The van der Waals surface area contributed by atoms with Gasteiger partial charge < -0.3 is 9.84 Å². The lowest BCUT2D eigenvalue weighted by molar-refractivity contribution is -0.0752. The van der Waals surface area contributed by atoms with Gasteiger partial charge in [0.2, 0.25) is 6.43 Å². The fraction of sp³-hybridized carbons (Fsp3) is 0.630. The molecule has 1 aromatic rings. The van der Waals surface area contributed by atoms with Gasteiger partial charge >= 0.3 is 6.16 Å². The fourth-order valence-corrected chi connectivity index (χ4v) is 8.18. The zero-order valence-electron chi connectivity index (χ0n) is 19.3. The van der Waals surface area contributed by atoms with Crippen LogP contribution in [0.4, 0.5) is 13.6 Å². The molecular weight excluding hydrogens is 424 g/mol. The van der Waals surface area contributed by atoms with E-state index < -0.39 is 18.7 Å². The zero-order chi connectivity index (χ0) is 23.4. The van der Waals surface area contributed by atoms with Crippen LogP contribution < -0.4 is 0 Å². The predicted octanol–water partition coefficient (Wildman–Crippen LogP) is 6.98. The fourth-order valence-electron chi connectivity index (χ4n) is 8.18. The lowest BCUT2D eigenvalue weighted by atomic mass is 9.44. The van der Waals surface area contributed by atoms with E-state index in [0.717, 1.165) is 31.3 Å². The Kier molecular flexibility index (Phi) is 5.61. The summed E-state index contributed by atoms with van der Waals surface area (Å²) in [6.45, 7) is 4.57. The molecule has 2 saturated carbocycles. The van der Waals surface area contributed by atoms with Crippen LogP contribution in [0.1, 0.15) is 64.4 Å². The Bertz CT molecular complexity index is 977. The standard InChI is InChI=1S/C27H33F2NO3/c1-26-10-9-23-20(22(26)8-7-21(26)16-4-3-11-30-15-16)6-5-17-12-19(33-25(31)32)13-18(14-24(28)29)27(17,23)2/h3-5,7,11,15,18-20,22-24H,6,8-10,12-14H2,1-2H3,(H,31,32)/t18?,19-,20-,22+,23+,26-,27-/m1/s1. The molecule has 1 unspecified atom stereocenters. The summed E-state index contributed by atoms with van der Waals surface area (Å²) in [5.74, 6) is 0.999. The highest BCUT2D eigenvalue weighted by molar-refractivity contribution is 5.72. The van der Waals surface area contributed by atoms with Crippen LogP contribution >= 0.6 is 0 Å². The molecule has 0 radical (unpaired) electrons. The van der Waals surface area contributed by atoms with Crippen LogP contribution in [0.5, 0.6) is 0 Å². The molecule has 0 amide bonds. The molecule has 7 atom stereocenters. The first-order valence-electron chi connectivity index (χ1n) is 12.2. The quantitative estimate of drug-likeness (QED) is 0.391. The molecule has 178 valence electrons. The first kappa shape index (κ1) is 22.5. The van der Waals surface area contributed by atoms with Crippen molar-refractivity contribution in [1.82, 2.24) is 4.98 Å². The van der Waals surface area contributed by atoms with Gasteiger partial charge in [-0.15, -0.1) is 0 Å². The van der Waals surface area contributed by atoms with Gasteiger partial charge in [-0.25, -0.2) is 13.6 Å². The molecule has 4 aliphatic carbocycles. The van der Waals surface area contributed by atoms with Crippen LogP contribution in [0.2, 0.25) is 0 Å². The number of hydrogen-bond donors (Lipinski definition) is 1. The Hall–Kier alpha value is -2.24. The summed E-state index contributed by atoms with van der Waals surface area (Å²) in [6.07, 6.45) is 8.87. The number of rotatable bonds is 4. The van der Waals surface area contributed by atoms with Gasteiger partial charge in [0.25, 0.3) is 0 Å². The molecule has 6 heteroatoms. The molecular formula is C27H33F2NO3. The highest BCUT2D eigenvalue weighted by Gasteiger charge is 2.59. The van der Waals surface area contributed by atoms with E-state index in [0.29, 0.717) is 30.6 Å². The second kappa shape index (κ2) is 8.21. The van der Waals surface area contributed by atoms with Crippen LogP contribution in [-0.2, 0) is 4.74 Å². The molecule has 0 aliphatic heterocycles. The summed E-state index contributed by atoms with van der Waals surface area (Å²) in [4.78, 5) is 15.5. The largest absolute Gasteiger partial charge is 0.506 e. The van der Waals surface area contributed by atoms with Crippen molar-refractivity contribution in [1.29, 1.82) is 0 Å². The zero-order valence-corrected chi connectivity index (χ0v) is 19.3. The maximum Gasteiger partial charge on any atom is 0.506 e. The Labute approximate surface area is 194 Å². The molecule has 5 rings (SSSR count). The summed E-state index contributed by atoms with van der Waals surface area (Å²) >= 11 is 0. The number of hydrogen-bond acceptors (Lipinski definition) is 3. The maximum absolute atomic E-state index is 13.7. The summed E-state index contributed by atoms with van der Waals surface area (Å²) in [6, 6.07) is 4.13. The molecule has 0 aromatic carbocycles. The lowest BCUT2D eigenvalue weighted by Crippen LogP contribution is -2.53. The second-order valence-corrected chi connectivity index (χ2v) is 10.9. The molecule has 1 aromatic heterocycles. The van der Waals surface area contributed by atoms with Crippen molar-refractivity contribution in [2.45, 2.75) is 71.3 Å². The van der Waals surface area contributed by atoms with Crippen molar-refractivity contribution in [3.63, 3.8) is 0 Å². The highest BCUT2D eigenvalue weighted by Crippen LogP contribution is 2.67. The number of nitrogens with zero attached hydrogens (tertiary/aromatic N) is 1. The molecule has 4 nitrogen and oxygen atoms in total. The summed E-state index contributed by atoms with van der Waals surface area (Å²) in [5.41, 5.74) is 3.49. The van der Waals surface area contributed by atoms with Gasteiger partial charge in [0, 0.05) is 25.2 Å². The topological polar surface area (TPSA) is 59.4 Å². The lowest BCUT2D eigenvalue weighted by Gasteiger charge is -2.60. The van der Waals surface area contributed by atoms with Crippen molar-refractivity contribution >= 4 is 11.7 Å². The predicted molar refractivity (Wildman–Crippen MR) is 122 cm³/mol. The SMILES string of the molecule is C[C@]12CC[C@H]3[C@H](CC=C4C[C@@H](OC(=O)O)CC(CC(F)F)[C@@]43C)[C@@H]1CC=C2c1cccnc1. The Balaban J connectivity index is 1.47. The van der Waals surface area contributed by atoms with Gasteiger partial charge in [0.1, 0.15) is 6.10 Å². The molecule has 0 spiro atoms. The van der Waals surface area contributed by atoms with Crippen molar-refractivity contribution in [2.75, 3.05) is 0 Å². The molecule has 1 heterocycles. The number of fused-ring (bicyclic) bond motifs is 5. The van der Waals surface area contributed by atoms with Crippen LogP contribution in [0, 0.1) is 34.5 Å². The number of carbonyl (C=O) groups is 1. The number of ether oxygens (including phenoxy) is 1. The third kappa shape index (κ3) is 3.60. The minimum Gasteiger partial charge on any atom is -0.450 e. The first-order chi connectivity index (χ1) is 15.7. The van der Waals surface area contributed by atoms with Crippen molar-refractivity contribution in [3.8, 4) is 0 Å². The van der Waals surface area contributed by atoms with Crippen LogP contribution in [-0.4, -0.2) is 28.8 Å². The van der Waals surface area contributed by atoms with Crippen molar-refractivity contribution in [2.24, 2.45) is 34.5 Å². The molecule has 0 bridgehead atoms. The molecule has 1 N–H and O–H groups in total. The molecule has 2 fully saturated rings. The van der Waals surface area contributed by atoms with Gasteiger partial charge in [-0.05, 0) is 83.8 Å².